The van der Waals surface area contributed by atoms with E-state index in [0.29, 0.717) is 6.04 Å². The molecular formula is C14H30N2. The maximum Gasteiger partial charge on any atom is 0.0249 e. The molecule has 0 aliphatic heterocycles. The summed E-state index contributed by atoms with van der Waals surface area (Å²) in [6.07, 6.45) is 8.07. The largest absolute Gasteiger partial charge is 0.312 e. The number of rotatable bonds is 6. The number of nitrogens with one attached hydrogen (secondary N) is 1. The highest BCUT2D eigenvalue weighted by atomic mass is 15.2. The molecule has 3 unspecified atom stereocenters. The Kier molecular flexibility index (Phi) is 6.37. The Hall–Kier alpha value is -0.0800. The first kappa shape index (κ1) is 14.0. The van der Waals surface area contributed by atoms with Gasteiger partial charge in [0.2, 0.25) is 0 Å². The molecule has 0 heterocycles. The second-order valence-corrected chi connectivity index (χ2v) is 5.34. The van der Waals surface area contributed by atoms with Crippen LogP contribution >= 0.6 is 0 Å². The molecule has 0 aromatic rings. The van der Waals surface area contributed by atoms with Crippen LogP contribution in [0.2, 0.25) is 0 Å². The molecule has 0 radical (unpaired) electrons. The number of nitrogens with zero attached hydrogens (tertiary/aromatic N) is 1. The second-order valence-electron chi connectivity index (χ2n) is 5.34. The van der Waals surface area contributed by atoms with Gasteiger partial charge in [0.05, 0.1) is 0 Å². The molecular weight excluding hydrogens is 196 g/mol. The van der Waals surface area contributed by atoms with Crippen LogP contribution in [-0.4, -0.2) is 36.6 Å². The Morgan fingerprint density at radius 3 is 2.56 bits per heavy atom. The van der Waals surface area contributed by atoms with Gasteiger partial charge in [0.1, 0.15) is 0 Å². The highest BCUT2D eigenvalue weighted by molar-refractivity contribution is 4.88. The van der Waals surface area contributed by atoms with E-state index in [1.807, 2.05) is 0 Å². The third-order valence-electron chi connectivity index (χ3n) is 4.20. The van der Waals surface area contributed by atoms with E-state index in [2.05, 4.69) is 38.0 Å². The summed E-state index contributed by atoms with van der Waals surface area (Å²) in [5.41, 5.74) is 0. The first-order chi connectivity index (χ1) is 7.70. The fourth-order valence-corrected chi connectivity index (χ4v) is 2.78. The third kappa shape index (κ3) is 3.74. The van der Waals surface area contributed by atoms with E-state index in [1.54, 1.807) is 0 Å². The second kappa shape index (κ2) is 7.29. The molecule has 0 aromatic carbocycles. The monoisotopic (exact) mass is 226 g/mol. The maximum atomic E-state index is 3.74. The van der Waals surface area contributed by atoms with Crippen molar-refractivity contribution in [1.82, 2.24) is 10.2 Å². The van der Waals surface area contributed by atoms with E-state index < -0.39 is 0 Å². The summed E-state index contributed by atoms with van der Waals surface area (Å²) in [7, 11) is 2.31. The van der Waals surface area contributed by atoms with E-state index in [9.17, 15) is 0 Å². The molecule has 1 rings (SSSR count). The summed E-state index contributed by atoms with van der Waals surface area (Å²) in [6.45, 7) is 8.07. The molecule has 0 bridgehead atoms. The summed E-state index contributed by atoms with van der Waals surface area (Å²) in [5.74, 6) is 0. The fraction of sp³-hybridized carbons (Fsp3) is 1.00. The van der Waals surface area contributed by atoms with E-state index in [1.165, 1.54) is 45.1 Å². The predicted molar refractivity (Wildman–Crippen MR) is 71.9 cm³/mol. The van der Waals surface area contributed by atoms with Crippen LogP contribution < -0.4 is 5.32 Å². The highest BCUT2D eigenvalue weighted by Gasteiger charge is 2.29. The lowest BCUT2D eigenvalue weighted by atomic mass is 9.88. The Morgan fingerprint density at radius 2 is 1.94 bits per heavy atom. The minimum absolute atomic E-state index is 0.717. The van der Waals surface area contributed by atoms with Crippen molar-refractivity contribution in [1.29, 1.82) is 0 Å². The van der Waals surface area contributed by atoms with Gasteiger partial charge in [-0.1, -0.05) is 26.7 Å². The molecule has 0 amide bonds. The van der Waals surface area contributed by atoms with Gasteiger partial charge in [-0.3, -0.25) is 4.90 Å². The van der Waals surface area contributed by atoms with E-state index >= 15 is 0 Å². The smallest absolute Gasteiger partial charge is 0.0249 e. The Labute approximate surface area is 102 Å². The van der Waals surface area contributed by atoms with Crippen LogP contribution in [0, 0.1) is 0 Å². The van der Waals surface area contributed by atoms with Crippen LogP contribution in [0.1, 0.15) is 59.3 Å². The lowest BCUT2D eigenvalue weighted by molar-refractivity contribution is 0.111. The average molecular weight is 226 g/mol. The minimum atomic E-state index is 0.717. The molecule has 1 fully saturated rings. The van der Waals surface area contributed by atoms with Crippen molar-refractivity contribution < 1.29 is 0 Å². The van der Waals surface area contributed by atoms with Crippen LogP contribution in [0.15, 0.2) is 0 Å². The van der Waals surface area contributed by atoms with Gasteiger partial charge in [-0.05, 0) is 46.2 Å². The molecule has 0 aromatic heterocycles. The molecule has 2 nitrogen and oxygen atoms in total. The van der Waals surface area contributed by atoms with Crippen LogP contribution in [0.3, 0.4) is 0 Å². The van der Waals surface area contributed by atoms with Crippen molar-refractivity contribution >= 4 is 0 Å². The van der Waals surface area contributed by atoms with Crippen molar-refractivity contribution in [3.05, 3.63) is 0 Å². The van der Waals surface area contributed by atoms with Crippen LogP contribution in [-0.2, 0) is 0 Å². The van der Waals surface area contributed by atoms with Gasteiger partial charge < -0.3 is 5.32 Å². The van der Waals surface area contributed by atoms with E-state index in [-0.39, 0.29) is 0 Å². The maximum absolute atomic E-state index is 3.74. The Balaban J connectivity index is 2.51. The summed E-state index contributed by atoms with van der Waals surface area (Å²) < 4.78 is 0. The average Bonchev–Trinajstić information content (AvgIpc) is 2.34. The van der Waals surface area contributed by atoms with Crippen molar-refractivity contribution in [3.8, 4) is 0 Å². The molecule has 0 spiro atoms. The van der Waals surface area contributed by atoms with Crippen molar-refractivity contribution in [3.63, 3.8) is 0 Å². The van der Waals surface area contributed by atoms with Gasteiger partial charge in [0.15, 0.2) is 0 Å². The molecule has 1 aliphatic rings. The first-order valence-electron chi connectivity index (χ1n) is 7.16. The van der Waals surface area contributed by atoms with E-state index in [0.717, 1.165) is 12.1 Å². The lowest BCUT2D eigenvalue weighted by Gasteiger charge is -2.41. The molecule has 0 saturated heterocycles. The molecule has 1 saturated carbocycles. The summed E-state index contributed by atoms with van der Waals surface area (Å²) in [6, 6.07) is 2.21. The van der Waals surface area contributed by atoms with Gasteiger partial charge in [0.25, 0.3) is 0 Å². The summed E-state index contributed by atoms with van der Waals surface area (Å²) in [4.78, 5) is 2.60. The lowest BCUT2D eigenvalue weighted by Crippen LogP contribution is -2.53. The first-order valence-corrected chi connectivity index (χ1v) is 7.16. The fourth-order valence-electron chi connectivity index (χ4n) is 2.78. The molecule has 96 valence electrons. The quantitative estimate of drug-likeness (QED) is 0.749. The normalized spacial score (nSPS) is 28.3. The predicted octanol–water partition coefficient (Wildman–Crippen LogP) is 3.03. The summed E-state index contributed by atoms with van der Waals surface area (Å²) >= 11 is 0. The minimum Gasteiger partial charge on any atom is -0.312 e. The van der Waals surface area contributed by atoms with Crippen LogP contribution in [0.4, 0.5) is 0 Å². The van der Waals surface area contributed by atoms with Gasteiger partial charge in [-0.25, -0.2) is 0 Å². The number of likely N-dealkylation sites (N-methyl/N-ethyl adjacent to an activating group) is 1. The zero-order chi connectivity index (χ0) is 12.0. The van der Waals surface area contributed by atoms with Crippen molar-refractivity contribution in [2.75, 3.05) is 13.6 Å². The summed E-state index contributed by atoms with van der Waals surface area (Å²) in [5, 5.41) is 3.74. The Morgan fingerprint density at radius 1 is 1.25 bits per heavy atom. The Bertz CT molecular complexity index is 182. The number of hydrogen-bond donors (Lipinski definition) is 1. The van der Waals surface area contributed by atoms with Gasteiger partial charge in [-0.15, -0.1) is 0 Å². The standard InChI is InChI=1S/C14H30N2/c1-5-11-15-13-9-7-8-10-14(13)16(4)12(3)6-2/h12-15H,5-11H2,1-4H3. The number of hydrogen-bond acceptors (Lipinski definition) is 2. The van der Waals surface area contributed by atoms with Gasteiger partial charge >= 0.3 is 0 Å². The van der Waals surface area contributed by atoms with E-state index in [4.69, 9.17) is 0 Å². The SMILES string of the molecule is CCCNC1CCCCC1N(C)C(C)CC. The molecule has 3 atom stereocenters. The zero-order valence-corrected chi connectivity index (χ0v) is 11.6. The van der Waals surface area contributed by atoms with Crippen molar-refractivity contribution in [2.24, 2.45) is 0 Å². The van der Waals surface area contributed by atoms with Crippen LogP contribution in [0.25, 0.3) is 0 Å². The molecule has 1 N–H and O–H groups in total. The third-order valence-corrected chi connectivity index (χ3v) is 4.20. The highest BCUT2D eigenvalue weighted by Crippen LogP contribution is 2.24. The molecule has 16 heavy (non-hydrogen) atoms. The van der Waals surface area contributed by atoms with Gasteiger partial charge in [-0.2, -0.15) is 0 Å². The van der Waals surface area contributed by atoms with Crippen molar-refractivity contribution in [2.45, 2.75) is 77.4 Å². The molecule has 2 heteroatoms. The topological polar surface area (TPSA) is 15.3 Å². The van der Waals surface area contributed by atoms with Gasteiger partial charge in [0, 0.05) is 18.1 Å². The zero-order valence-electron chi connectivity index (χ0n) is 11.6. The molecule has 1 aliphatic carbocycles. The van der Waals surface area contributed by atoms with Crippen LogP contribution in [0.5, 0.6) is 0 Å².